The first-order chi connectivity index (χ1) is 12.4. The first-order valence-corrected chi connectivity index (χ1v) is 8.29. The van der Waals surface area contributed by atoms with Crippen molar-refractivity contribution in [1.29, 1.82) is 0 Å². The molecule has 2 aromatic carbocycles. The summed E-state index contributed by atoms with van der Waals surface area (Å²) in [6.45, 7) is 1.90. The highest BCUT2D eigenvalue weighted by Crippen LogP contribution is 2.14. The van der Waals surface area contributed by atoms with Crippen molar-refractivity contribution in [2.75, 3.05) is 26.1 Å². The highest BCUT2D eigenvalue weighted by Gasteiger charge is 2.18. The summed E-state index contributed by atoms with van der Waals surface area (Å²) in [5.41, 5.74) is 2.31. The van der Waals surface area contributed by atoms with E-state index >= 15 is 0 Å². The van der Waals surface area contributed by atoms with Crippen LogP contribution in [0.3, 0.4) is 0 Å². The minimum absolute atomic E-state index is 0.348. The Kier molecular flexibility index (Phi) is 6.60. The predicted octanol–water partition coefficient (Wildman–Crippen LogP) is 2.62. The summed E-state index contributed by atoms with van der Waals surface area (Å²) in [4.78, 5) is 26.2. The van der Waals surface area contributed by atoms with Crippen molar-refractivity contribution in [3.8, 4) is 5.75 Å². The molecule has 26 heavy (non-hydrogen) atoms. The second kappa shape index (κ2) is 8.89. The highest BCUT2D eigenvalue weighted by molar-refractivity contribution is 5.92. The summed E-state index contributed by atoms with van der Waals surface area (Å²) in [5, 5.41) is 2.75. The van der Waals surface area contributed by atoms with E-state index < -0.39 is 12.1 Å². The number of nitrogens with zero attached hydrogens (tertiary/aromatic N) is 1. The SMILES string of the molecule is COc1ccc(CNC(=O)[C@H](C)OC(=O)c2ccc(N(C)C)cc2)cc1. The van der Waals surface area contributed by atoms with E-state index in [-0.39, 0.29) is 5.91 Å². The van der Waals surface area contributed by atoms with Gasteiger partial charge in [0.15, 0.2) is 6.10 Å². The molecule has 0 aliphatic rings. The summed E-state index contributed by atoms with van der Waals surface area (Å²) in [6.07, 6.45) is -0.880. The van der Waals surface area contributed by atoms with Crippen LogP contribution < -0.4 is 15.0 Å². The molecule has 1 atom stereocenters. The van der Waals surface area contributed by atoms with Gasteiger partial charge in [-0.15, -0.1) is 0 Å². The van der Waals surface area contributed by atoms with Crippen LogP contribution in [0.5, 0.6) is 5.75 Å². The van der Waals surface area contributed by atoms with Crippen molar-refractivity contribution in [1.82, 2.24) is 5.32 Å². The van der Waals surface area contributed by atoms with Gasteiger partial charge in [0.05, 0.1) is 12.7 Å². The second-order valence-corrected chi connectivity index (χ2v) is 6.05. The molecular weight excluding hydrogens is 332 g/mol. The number of nitrogens with one attached hydrogen (secondary N) is 1. The highest BCUT2D eigenvalue weighted by atomic mass is 16.5. The molecule has 0 spiro atoms. The minimum Gasteiger partial charge on any atom is -0.497 e. The number of hydrogen-bond donors (Lipinski definition) is 1. The fourth-order valence-electron chi connectivity index (χ4n) is 2.25. The van der Waals surface area contributed by atoms with Crippen LogP contribution in [0.4, 0.5) is 5.69 Å². The monoisotopic (exact) mass is 356 g/mol. The zero-order valence-corrected chi connectivity index (χ0v) is 15.5. The van der Waals surface area contributed by atoms with Crippen LogP contribution in [0.25, 0.3) is 0 Å². The van der Waals surface area contributed by atoms with E-state index in [1.165, 1.54) is 0 Å². The second-order valence-electron chi connectivity index (χ2n) is 6.05. The molecule has 0 unspecified atom stereocenters. The van der Waals surface area contributed by atoms with Crippen molar-refractivity contribution >= 4 is 17.6 Å². The third kappa shape index (κ3) is 5.24. The fraction of sp³-hybridized carbons (Fsp3) is 0.300. The zero-order chi connectivity index (χ0) is 19.1. The molecule has 138 valence electrons. The van der Waals surface area contributed by atoms with Gasteiger partial charge in [-0.25, -0.2) is 4.79 Å². The first kappa shape index (κ1) is 19.3. The Morgan fingerprint density at radius 2 is 1.65 bits per heavy atom. The topological polar surface area (TPSA) is 67.9 Å². The number of carbonyl (C=O) groups excluding carboxylic acids is 2. The molecule has 6 heteroatoms. The van der Waals surface area contributed by atoms with E-state index in [1.807, 2.05) is 55.4 Å². The third-order valence-electron chi connectivity index (χ3n) is 3.90. The molecular formula is C20H24N2O4. The number of rotatable bonds is 7. The molecule has 2 aromatic rings. The summed E-state index contributed by atoms with van der Waals surface area (Å²) < 4.78 is 10.3. The number of hydrogen-bond acceptors (Lipinski definition) is 5. The number of benzene rings is 2. The summed E-state index contributed by atoms with van der Waals surface area (Å²) >= 11 is 0. The number of anilines is 1. The molecule has 0 fully saturated rings. The minimum atomic E-state index is -0.880. The molecule has 0 bridgehead atoms. The van der Waals surface area contributed by atoms with Gasteiger partial charge in [0.1, 0.15) is 5.75 Å². The van der Waals surface area contributed by atoms with Gasteiger partial charge in [0.25, 0.3) is 5.91 Å². The number of amides is 1. The summed E-state index contributed by atoms with van der Waals surface area (Å²) in [5.74, 6) is -0.121. The Hall–Kier alpha value is -3.02. The lowest BCUT2D eigenvalue weighted by molar-refractivity contribution is -0.129. The number of ether oxygens (including phenoxy) is 2. The van der Waals surface area contributed by atoms with Gasteiger partial charge in [-0.05, 0) is 48.9 Å². The Labute approximate surface area is 153 Å². The van der Waals surface area contributed by atoms with Gasteiger partial charge < -0.3 is 19.7 Å². The largest absolute Gasteiger partial charge is 0.497 e. The maximum absolute atomic E-state index is 12.2. The van der Waals surface area contributed by atoms with Crippen molar-refractivity contribution < 1.29 is 19.1 Å². The standard InChI is InChI=1S/C20H24N2O4/c1-14(19(23)21-13-15-5-11-18(25-4)12-6-15)26-20(24)16-7-9-17(10-8-16)22(2)3/h5-12,14H,13H2,1-4H3,(H,21,23)/t14-/m0/s1. The Bertz CT molecular complexity index is 739. The quantitative estimate of drug-likeness (QED) is 0.773. The van der Waals surface area contributed by atoms with E-state index in [0.717, 1.165) is 17.0 Å². The first-order valence-electron chi connectivity index (χ1n) is 8.29. The van der Waals surface area contributed by atoms with Crippen molar-refractivity contribution in [2.24, 2.45) is 0 Å². The van der Waals surface area contributed by atoms with Crippen LogP contribution >= 0.6 is 0 Å². The van der Waals surface area contributed by atoms with Gasteiger partial charge in [0, 0.05) is 26.3 Å². The van der Waals surface area contributed by atoms with Crippen LogP contribution in [0.1, 0.15) is 22.8 Å². The molecule has 0 saturated carbocycles. The molecule has 2 rings (SSSR count). The van der Waals surface area contributed by atoms with E-state index in [0.29, 0.717) is 12.1 Å². The van der Waals surface area contributed by atoms with Crippen molar-refractivity contribution in [3.05, 3.63) is 59.7 Å². The molecule has 1 amide bonds. The summed E-state index contributed by atoms with van der Waals surface area (Å²) in [6, 6.07) is 14.4. The van der Waals surface area contributed by atoms with Crippen LogP contribution in [0, 0.1) is 0 Å². The molecule has 1 N–H and O–H groups in total. The fourth-order valence-corrected chi connectivity index (χ4v) is 2.25. The zero-order valence-electron chi connectivity index (χ0n) is 15.5. The lowest BCUT2D eigenvalue weighted by Gasteiger charge is -2.15. The Morgan fingerprint density at radius 1 is 1.04 bits per heavy atom. The molecule has 6 nitrogen and oxygen atoms in total. The molecule has 0 aliphatic heterocycles. The Morgan fingerprint density at radius 3 is 2.19 bits per heavy atom. The number of esters is 1. The molecule has 0 saturated heterocycles. The average molecular weight is 356 g/mol. The van der Waals surface area contributed by atoms with Gasteiger partial charge >= 0.3 is 5.97 Å². The van der Waals surface area contributed by atoms with E-state index in [4.69, 9.17) is 9.47 Å². The third-order valence-corrected chi connectivity index (χ3v) is 3.90. The molecule has 0 heterocycles. The number of methoxy groups -OCH3 is 1. The van der Waals surface area contributed by atoms with E-state index in [9.17, 15) is 9.59 Å². The molecule has 0 aromatic heterocycles. The molecule has 0 radical (unpaired) electrons. The smallest absolute Gasteiger partial charge is 0.338 e. The van der Waals surface area contributed by atoms with Crippen molar-refractivity contribution in [3.63, 3.8) is 0 Å². The predicted molar refractivity (Wildman–Crippen MR) is 100 cm³/mol. The maximum atomic E-state index is 12.2. The van der Waals surface area contributed by atoms with E-state index in [1.54, 1.807) is 26.2 Å². The average Bonchev–Trinajstić information content (AvgIpc) is 2.66. The Balaban J connectivity index is 1.86. The normalized spacial score (nSPS) is 11.4. The lowest BCUT2D eigenvalue weighted by atomic mass is 10.2. The number of carbonyl (C=O) groups is 2. The van der Waals surface area contributed by atoms with E-state index in [2.05, 4.69) is 5.32 Å². The van der Waals surface area contributed by atoms with Crippen LogP contribution in [0.2, 0.25) is 0 Å². The lowest BCUT2D eigenvalue weighted by Crippen LogP contribution is -2.35. The van der Waals surface area contributed by atoms with Crippen molar-refractivity contribution in [2.45, 2.75) is 19.6 Å². The van der Waals surface area contributed by atoms with Crippen LogP contribution in [-0.4, -0.2) is 39.2 Å². The van der Waals surface area contributed by atoms with Gasteiger partial charge in [-0.2, -0.15) is 0 Å². The summed E-state index contributed by atoms with van der Waals surface area (Å²) in [7, 11) is 5.44. The van der Waals surface area contributed by atoms with Crippen LogP contribution in [0.15, 0.2) is 48.5 Å². The van der Waals surface area contributed by atoms with Gasteiger partial charge in [-0.3, -0.25) is 4.79 Å². The van der Waals surface area contributed by atoms with Gasteiger partial charge in [-0.1, -0.05) is 12.1 Å². The maximum Gasteiger partial charge on any atom is 0.338 e. The molecule has 0 aliphatic carbocycles. The van der Waals surface area contributed by atoms with Crippen LogP contribution in [-0.2, 0) is 16.1 Å². The van der Waals surface area contributed by atoms with Gasteiger partial charge in [0.2, 0.25) is 0 Å².